The fourth-order valence-electron chi connectivity index (χ4n) is 3.40. The van der Waals surface area contributed by atoms with Crippen molar-refractivity contribution in [2.75, 3.05) is 52.9 Å². The van der Waals surface area contributed by atoms with Gasteiger partial charge in [-0.05, 0) is 50.2 Å². The van der Waals surface area contributed by atoms with Gasteiger partial charge in [-0.15, -0.1) is 24.0 Å². The van der Waals surface area contributed by atoms with Gasteiger partial charge in [0.15, 0.2) is 5.96 Å². The molecule has 1 amide bonds. The molecule has 1 aliphatic heterocycles. The van der Waals surface area contributed by atoms with Gasteiger partial charge in [0.25, 0.3) is 0 Å². The molecule has 0 radical (unpaired) electrons. The van der Waals surface area contributed by atoms with Crippen molar-refractivity contribution in [1.82, 2.24) is 20.0 Å². The van der Waals surface area contributed by atoms with Crippen LogP contribution in [0.25, 0.3) is 0 Å². The van der Waals surface area contributed by atoms with E-state index in [0.717, 1.165) is 50.7 Å². The van der Waals surface area contributed by atoms with Crippen molar-refractivity contribution in [3.8, 4) is 0 Å². The van der Waals surface area contributed by atoms with Crippen LogP contribution in [0.5, 0.6) is 0 Å². The molecular weight excluding hydrogens is 501 g/mol. The Bertz CT molecular complexity index is 636. The molecule has 0 atom stereocenters. The van der Waals surface area contributed by atoms with Gasteiger partial charge in [0.1, 0.15) is 0 Å². The summed E-state index contributed by atoms with van der Waals surface area (Å²) in [5.41, 5.74) is 1.10. The number of unbranched alkanes of at least 4 members (excludes halogenated alkanes) is 1. The zero-order valence-corrected chi connectivity index (χ0v) is 21.0. The number of carbonyl (C=O) groups is 1. The number of guanidine groups is 1. The Morgan fingerprint density at radius 3 is 2.45 bits per heavy atom. The molecule has 6 nitrogen and oxygen atoms in total. The number of hydrogen-bond donors (Lipinski definition) is 1. The van der Waals surface area contributed by atoms with Gasteiger partial charge in [-0.1, -0.05) is 37.6 Å². The summed E-state index contributed by atoms with van der Waals surface area (Å²) in [6, 6.07) is 7.68. The predicted molar refractivity (Wildman–Crippen MR) is 132 cm³/mol. The topological polar surface area (TPSA) is 51.2 Å². The molecule has 1 aromatic carbocycles. The number of aliphatic imine (C=N–C) groups is 1. The van der Waals surface area contributed by atoms with E-state index in [0.29, 0.717) is 24.7 Å². The number of rotatable bonds is 9. The molecule has 0 spiro atoms. The molecule has 0 saturated carbocycles. The summed E-state index contributed by atoms with van der Waals surface area (Å²) in [6.45, 7) is 11.1. The molecular formula is C21H35ClIN5O. The number of amides is 1. The molecule has 0 aromatic heterocycles. The summed E-state index contributed by atoms with van der Waals surface area (Å²) in [7, 11) is 1.78. The highest BCUT2D eigenvalue weighted by atomic mass is 127. The summed E-state index contributed by atoms with van der Waals surface area (Å²) in [5, 5.41) is 4.13. The number of hydrogen-bond acceptors (Lipinski definition) is 3. The zero-order chi connectivity index (χ0) is 20.4. The summed E-state index contributed by atoms with van der Waals surface area (Å²) in [6.07, 6.45) is 2.26. The largest absolute Gasteiger partial charge is 0.356 e. The molecule has 2 rings (SSSR count). The molecule has 164 valence electrons. The first-order valence-corrected chi connectivity index (χ1v) is 10.6. The third-order valence-corrected chi connectivity index (χ3v) is 5.45. The van der Waals surface area contributed by atoms with Crippen LogP contribution >= 0.6 is 35.6 Å². The van der Waals surface area contributed by atoms with E-state index in [1.807, 2.05) is 34.1 Å². The van der Waals surface area contributed by atoms with E-state index in [2.05, 4.69) is 29.1 Å². The van der Waals surface area contributed by atoms with E-state index < -0.39 is 0 Å². The molecule has 8 heteroatoms. The van der Waals surface area contributed by atoms with Crippen molar-refractivity contribution >= 4 is 47.4 Å². The average Bonchev–Trinajstić information content (AvgIpc) is 2.71. The summed E-state index contributed by atoms with van der Waals surface area (Å²) in [4.78, 5) is 23.3. The first-order chi connectivity index (χ1) is 13.6. The quantitative estimate of drug-likeness (QED) is 0.228. The zero-order valence-electron chi connectivity index (χ0n) is 17.9. The van der Waals surface area contributed by atoms with Crippen LogP contribution < -0.4 is 5.32 Å². The number of benzene rings is 1. The van der Waals surface area contributed by atoms with Crippen molar-refractivity contribution in [2.24, 2.45) is 4.99 Å². The van der Waals surface area contributed by atoms with Crippen LogP contribution in [0, 0.1) is 0 Å². The average molecular weight is 536 g/mol. The molecule has 29 heavy (non-hydrogen) atoms. The van der Waals surface area contributed by atoms with Crippen LogP contribution in [-0.2, 0) is 11.3 Å². The lowest BCUT2D eigenvalue weighted by Crippen LogP contribution is -2.55. The van der Waals surface area contributed by atoms with Crippen LogP contribution in [0.4, 0.5) is 0 Å². The van der Waals surface area contributed by atoms with Crippen LogP contribution in [0.1, 0.15) is 32.3 Å². The number of carbonyl (C=O) groups excluding carboxylic acids is 1. The van der Waals surface area contributed by atoms with Crippen LogP contribution in [0.15, 0.2) is 29.3 Å². The van der Waals surface area contributed by atoms with Crippen LogP contribution in [0.2, 0.25) is 5.02 Å². The normalized spacial score (nSPS) is 14.9. The molecule has 1 aromatic rings. The second-order valence-electron chi connectivity index (χ2n) is 7.07. The molecule has 1 fully saturated rings. The first-order valence-electron chi connectivity index (χ1n) is 10.3. The minimum atomic E-state index is 0. The highest BCUT2D eigenvalue weighted by molar-refractivity contribution is 14.0. The SMILES string of the molecule is CCN(CC)CCCCNC(=NC)N1CCN(Cc2ccc(Cl)cc2)C(=O)C1.I. The molecule has 0 aliphatic carbocycles. The first kappa shape index (κ1) is 26.0. The molecule has 1 N–H and O–H groups in total. The van der Waals surface area contributed by atoms with E-state index in [9.17, 15) is 4.79 Å². The van der Waals surface area contributed by atoms with Gasteiger partial charge in [-0.2, -0.15) is 0 Å². The maximum atomic E-state index is 12.6. The fraction of sp³-hybridized carbons (Fsp3) is 0.619. The number of nitrogens with zero attached hydrogens (tertiary/aromatic N) is 4. The number of piperazine rings is 1. The Morgan fingerprint density at radius 2 is 1.86 bits per heavy atom. The van der Waals surface area contributed by atoms with E-state index in [1.54, 1.807) is 7.05 Å². The Morgan fingerprint density at radius 1 is 1.17 bits per heavy atom. The highest BCUT2D eigenvalue weighted by Crippen LogP contribution is 2.13. The third kappa shape index (κ3) is 8.68. The smallest absolute Gasteiger partial charge is 0.242 e. The minimum Gasteiger partial charge on any atom is -0.356 e. The number of nitrogens with one attached hydrogen (secondary N) is 1. The lowest BCUT2D eigenvalue weighted by atomic mass is 10.2. The molecule has 0 bridgehead atoms. The van der Waals surface area contributed by atoms with Crippen LogP contribution in [-0.4, -0.2) is 79.4 Å². The van der Waals surface area contributed by atoms with Gasteiger partial charge in [-0.3, -0.25) is 9.79 Å². The number of halogens is 2. The second-order valence-corrected chi connectivity index (χ2v) is 7.51. The van der Waals surface area contributed by atoms with Crippen molar-refractivity contribution < 1.29 is 4.79 Å². The fourth-order valence-corrected chi connectivity index (χ4v) is 3.53. The van der Waals surface area contributed by atoms with E-state index in [1.165, 1.54) is 6.42 Å². The maximum absolute atomic E-state index is 12.6. The van der Waals surface area contributed by atoms with E-state index in [4.69, 9.17) is 11.6 Å². The van der Waals surface area contributed by atoms with E-state index >= 15 is 0 Å². The summed E-state index contributed by atoms with van der Waals surface area (Å²) in [5.74, 6) is 0.952. The Balaban J connectivity index is 0.00000420. The Kier molecular flexibility index (Phi) is 12.6. The maximum Gasteiger partial charge on any atom is 0.242 e. The second kappa shape index (κ2) is 14.0. The summed E-state index contributed by atoms with van der Waals surface area (Å²) >= 11 is 5.93. The van der Waals surface area contributed by atoms with E-state index in [-0.39, 0.29) is 29.9 Å². The molecule has 0 unspecified atom stereocenters. The predicted octanol–water partition coefficient (Wildman–Crippen LogP) is 3.30. The van der Waals surface area contributed by atoms with Crippen molar-refractivity contribution in [1.29, 1.82) is 0 Å². The van der Waals surface area contributed by atoms with Gasteiger partial charge in [0, 0.05) is 38.2 Å². The van der Waals surface area contributed by atoms with Crippen molar-refractivity contribution in [2.45, 2.75) is 33.2 Å². The standard InChI is InChI=1S/C21H34ClN5O.HI/c1-4-25(5-2)13-7-6-12-24-21(23-3)27-15-14-26(20(28)17-27)16-18-8-10-19(22)11-9-18;/h8-11H,4-7,12-17H2,1-3H3,(H,23,24);1H. The molecule has 1 heterocycles. The van der Waals surface area contributed by atoms with Crippen LogP contribution in [0.3, 0.4) is 0 Å². The van der Waals surface area contributed by atoms with Gasteiger partial charge in [0.2, 0.25) is 5.91 Å². The minimum absolute atomic E-state index is 0. The Labute approximate surface area is 197 Å². The third-order valence-electron chi connectivity index (χ3n) is 5.20. The molecule has 1 aliphatic rings. The summed E-state index contributed by atoms with van der Waals surface area (Å²) < 4.78 is 0. The van der Waals surface area contributed by atoms with Crippen molar-refractivity contribution in [3.63, 3.8) is 0 Å². The lowest BCUT2D eigenvalue weighted by molar-refractivity contribution is -0.135. The highest BCUT2D eigenvalue weighted by Gasteiger charge is 2.25. The monoisotopic (exact) mass is 535 g/mol. The lowest BCUT2D eigenvalue weighted by Gasteiger charge is -2.36. The van der Waals surface area contributed by atoms with Gasteiger partial charge >= 0.3 is 0 Å². The molecule has 1 saturated heterocycles. The van der Waals surface area contributed by atoms with Crippen molar-refractivity contribution in [3.05, 3.63) is 34.9 Å². The Hall–Kier alpha value is -1.06. The van der Waals surface area contributed by atoms with Gasteiger partial charge in [0.05, 0.1) is 6.54 Å². The van der Waals surface area contributed by atoms with Gasteiger partial charge in [-0.25, -0.2) is 0 Å². The van der Waals surface area contributed by atoms with Gasteiger partial charge < -0.3 is 20.0 Å².